The standard InChI is InChI=1S/C31H36N6O3.C28H31N5O3.C8H15NO3.C2HF3O/c1-22-28(23-11-13-26(14-12-23)40-25-8-5-4-6-9-25)29-30(32)33-21-34-31(29)37(22)24-15-17-36(20-24)27(38)10-7-16-35(2)18-19-39-3;1-18-23(19-10-12-22(13-11-19)35-21-8-6-5-7-9-21)24-25(29)30-17-31-26(24)33(18)20-14-15-32(16-20)27(34)36-28(2,3)4;1-9(6-7-12-2)5-3-4-8(10)11;3-2(4,5)1-6/h4-14,21,24H,15-20H2,1-3H3,(H2,32,33,34);5-13,17,20H,14-16H2,1-4H3,(H2,29,30,31);3-4H,5-7H2,1-2H3,(H,10,11);1H/b10-7+;;4-3+;/t24-;20-;;/m11../s1. The van der Waals surface area contributed by atoms with Gasteiger partial charge in [-0.1, -0.05) is 72.8 Å². The van der Waals surface area contributed by atoms with Crippen LogP contribution in [0.5, 0.6) is 23.0 Å². The van der Waals surface area contributed by atoms with Gasteiger partial charge in [0.25, 0.3) is 0 Å². The second-order valence-corrected chi connectivity index (χ2v) is 23.4. The summed E-state index contributed by atoms with van der Waals surface area (Å²) >= 11 is 0. The molecule has 5 N–H and O–H groups in total. The van der Waals surface area contributed by atoms with Crippen LogP contribution in [0.1, 0.15) is 57.1 Å². The first kappa shape index (κ1) is 71.7. The lowest BCUT2D eigenvalue weighted by Gasteiger charge is -2.24. The van der Waals surface area contributed by atoms with Crippen LogP contribution in [0.3, 0.4) is 0 Å². The van der Waals surface area contributed by atoms with Gasteiger partial charge in [0.1, 0.15) is 64.2 Å². The number of carbonyl (C=O) groups is 4. The minimum atomic E-state index is -4.64. The molecule has 94 heavy (non-hydrogen) atoms. The van der Waals surface area contributed by atoms with Crippen molar-refractivity contribution in [2.24, 2.45) is 0 Å². The van der Waals surface area contributed by atoms with Crippen LogP contribution >= 0.6 is 0 Å². The molecule has 8 aromatic rings. The highest BCUT2D eigenvalue weighted by molar-refractivity contribution is 6.03. The lowest BCUT2D eigenvalue weighted by Crippen LogP contribution is -2.35. The summed E-state index contributed by atoms with van der Waals surface area (Å²) in [5, 5.41) is 9.93. The number of anilines is 2. The Kier molecular flexibility index (Phi) is 25.8. The number of carboxylic acid groups (broad SMARTS) is 1. The molecule has 0 spiro atoms. The molecule has 10 rings (SSSR count). The fourth-order valence-corrected chi connectivity index (χ4v) is 10.8. The first-order valence-corrected chi connectivity index (χ1v) is 30.5. The fraction of sp³-hybridized carbons (Fsp3) is 0.362. The van der Waals surface area contributed by atoms with Gasteiger partial charge in [0.05, 0.1) is 36.1 Å². The summed E-state index contributed by atoms with van der Waals surface area (Å²) in [6.45, 7) is 16.6. The maximum atomic E-state index is 12.9. The van der Waals surface area contributed by atoms with E-state index in [-0.39, 0.29) is 24.1 Å². The monoisotopic (exact) mass is 1300 g/mol. The van der Waals surface area contributed by atoms with Crippen LogP contribution in [-0.4, -0.2) is 184 Å². The molecular weight excluding hydrogens is 1210 g/mol. The second-order valence-electron chi connectivity index (χ2n) is 23.4. The molecule has 4 aromatic carbocycles. The number of hydrogen-bond donors (Lipinski definition) is 3. The van der Waals surface area contributed by atoms with Gasteiger partial charge >= 0.3 is 18.2 Å². The second kappa shape index (κ2) is 33.8. The van der Waals surface area contributed by atoms with Crippen LogP contribution < -0.4 is 20.9 Å². The Balaban J connectivity index is 0.000000212. The Labute approximate surface area is 545 Å². The maximum absolute atomic E-state index is 12.9. The van der Waals surface area contributed by atoms with E-state index in [9.17, 15) is 27.6 Å². The lowest BCUT2D eigenvalue weighted by atomic mass is 10.0. The van der Waals surface area contributed by atoms with Crippen molar-refractivity contribution in [1.29, 1.82) is 0 Å². The van der Waals surface area contributed by atoms with Gasteiger partial charge in [-0.15, -0.1) is 0 Å². The lowest BCUT2D eigenvalue weighted by molar-refractivity contribution is -0.156. The molecule has 2 fully saturated rings. The van der Waals surface area contributed by atoms with Gasteiger partial charge in [0.2, 0.25) is 12.2 Å². The van der Waals surface area contributed by atoms with Crippen LogP contribution in [0.4, 0.5) is 29.6 Å². The molecule has 6 heterocycles. The predicted molar refractivity (Wildman–Crippen MR) is 356 cm³/mol. The van der Waals surface area contributed by atoms with Crippen molar-refractivity contribution in [3.05, 3.63) is 158 Å². The van der Waals surface area contributed by atoms with Crippen molar-refractivity contribution in [2.75, 3.05) is 105 Å². The van der Waals surface area contributed by atoms with Gasteiger partial charge in [-0.05, 0) is 121 Å². The number of nitrogens with zero attached hydrogens (tertiary/aromatic N) is 10. The van der Waals surface area contributed by atoms with Crippen LogP contribution in [0.2, 0.25) is 0 Å². The Morgan fingerprint density at radius 3 is 1.40 bits per heavy atom. The number of nitrogen functional groups attached to an aromatic ring is 2. The summed E-state index contributed by atoms with van der Waals surface area (Å²) < 4.78 is 63.2. The van der Waals surface area contributed by atoms with Gasteiger partial charge in [-0.3, -0.25) is 9.59 Å². The van der Waals surface area contributed by atoms with Gasteiger partial charge in [0.15, 0.2) is 0 Å². The van der Waals surface area contributed by atoms with Crippen molar-refractivity contribution in [3.63, 3.8) is 0 Å². The van der Waals surface area contributed by atoms with E-state index < -0.39 is 24.0 Å². The van der Waals surface area contributed by atoms with Crippen LogP contribution in [0.25, 0.3) is 44.3 Å². The molecule has 2 aliphatic rings. The molecule has 2 amide bonds. The summed E-state index contributed by atoms with van der Waals surface area (Å²) in [6, 6.07) is 35.5. The smallest absolute Gasteiger partial charge is 0.446 e. The van der Waals surface area contributed by atoms with Crippen LogP contribution in [0.15, 0.2) is 146 Å². The van der Waals surface area contributed by atoms with Crippen molar-refractivity contribution < 1.29 is 61.1 Å². The van der Waals surface area contributed by atoms with Crippen molar-refractivity contribution >= 4 is 58.0 Å². The number of aldehydes is 1. The molecule has 25 heteroatoms. The number of hydrogen-bond acceptors (Lipinski definition) is 17. The zero-order valence-corrected chi connectivity index (χ0v) is 54.5. The van der Waals surface area contributed by atoms with Crippen molar-refractivity contribution in [1.82, 2.24) is 48.7 Å². The molecule has 2 saturated heterocycles. The number of carboxylic acids is 1. The minimum absolute atomic E-state index is 0.0279. The minimum Gasteiger partial charge on any atom is -0.478 e. The largest absolute Gasteiger partial charge is 0.478 e. The quantitative estimate of drug-likeness (QED) is 0.0473. The summed E-state index contributed by atoms with van der Waals surface area (Å²) in [5.41, 5.74) is 19.9. The number of para-hydroxylation sites is 2. The molecule has 2 aliphatic heterocycles. The Morgan fingerprint density at radius 2 is 1.01 bits per heavy atom. The zero-order chi connectivity index (χ0) is 68.1. The van der Waals surface area contributed by atoms with Crippen LogP contribution in [0, 0.1) is 13.8 Å². The first-order valence-electron chi connectivity index (χ1n) is 30.5. The number of carbonyl (C=O) groups excluding carboxylic acids is 3. The number of methoxy groups -OCH3 is 2. The molecule has 0 unspecified atom stereocenters. The fourth-order valence-electron chi connectivity index (χ4n) is 10.8. The number of aliphatic carboxylic acids is 1. The topological polar surface area (TPSA) is 261 Å². The number of benzene rings is 4. The number of likely N-dealkylation sites (N-methyl/N-ethyl adjacent to an activating group) is 2. The number of ether oxygens (including phenoxy) is 5. The van der Waals surface area contributed by atoms with E-state index >= 15 is 0 Å². The summed E-state index contributed by atoms with van der Waals surface area (Å²) in [5.74, 6) is 3.07. The summed E-state index contributed by atoms with van der Waals surface area (Å²) in [4.78, 5) is 70.0. The number of amides is 2. The Morgan fingerprint density at radius 1 is 0.617 bits per heavy atom. The molecule has 0 saturated carbocycles. The highest BCUT2D eigenvalue weighted by Gasteiger charge is 2.35. The average molecular weight is 1300 g/mol. The number of halogens is 3. The summed E-state index contributed by atoms with van der Waals surface area (Å²) in [6.07, 6.45) is 5.00. The van der Waals surface area contributed by atoms with Gasteiger partial charge in [-0.25, -0.2) is 29.5 Å². The third kappa shape index (κ3) is 20.2. The number of aromatic nitrogens is 6. The normalized spacial score (nSPS) is 14.8. The average Bonchev–Trinajstić information content (AvgIpc) is 1.61. The van der Waals surface area contributed by atoms with E-state index in [0.29, 0.717) is 64.1 Å². The Hall–Kier alpha value is -9.69. The first-order chi connectivity index (χ1) is 44.9. The molecule has 2 atom stereocenters. The number of rotatable bonds is 20. The molecule has 500 valence electrons. The molecule has 0 aliphatic carbocycles. The molecule has 0 radical (unpaired) electrons. The number of nitrogens with two attached hydrogens (primary N) is 2. The van der Waals surface area contributed by atoms with E-state index in [1.807, 2.05) is 160 Å². The highest BCUT2D eigenvalue weighted by Crippen LogP contribution is 2.42. The van der Waals surface area contributed by atoms with Gasteiger partial charge < -0.3 is 69.0 Å². The van der Waals surface area contributed by atoms with E-state index in [1.54, 1.807) is 31.3 Å². The highest BCUT2D eigenvalue weighted by atomic mass is 19.4. The number of likely N-dealkylation sites (tertiary alicyclic amines) is 2. The molecule has 0 bridgehead atoms. The van der Waals surface area contributed by atoms with E-state index in [0.717, 1.165) is 111 Å². The van der Waals surface area contributed by atoms with E-state index in [4.69, 9.17) is 45.1 Å². The molecule has 4 aromatic heterocycles. The molecule has 22 nitrogen and oxygen atoms in total. The molecular formula is C69H83F3N12O10. The van der Waals surface area contributed by atoms with E-state index in [2.05, 4.69) is 47.8 Å². The van der Waals surface area contributed by atoms with Gasteiger partial charge in [-0.2, -0.15) is 13.2 Å². The number of fused-ring (bicyclic) bond motifs is 2. The predicted octanol–water partition coefficient (Wildman–Crippen LogP) is 11.6. The third-order valence-electron chi connectivity index (χ3n) is 15.2. The SMILES string of the molecule is COCCN(C)C/C=C/C(=O)N1CC[C@@H](n2c(C)c(-c3ccc(Oc4ccccc4)cc3)c3c(N)ncnc32)C1.COCCN(C)C/C=C/C(=O)O.Cc1c(-c2ccc(Oc3ccccc3)cc2)c2c(N)ncnc2n1[C@@H]1CCN(C(=O)OC(C)(C)C)C1.O=CC(F)(F)F. The maximum Gasteiger partial charge on any atom is 0.446 e. The third-order valence-corrected chi connectivity index (χ3v) is 15.2. The van der Waals surface area contributed by atoms with Gasteiger partial charge in [0, 0.05) is 101 Å². The zero-order valence-electron chi connectivity index (χ0n) is 54.5. The summed E-state index contributed by atoms with van der Waals surface area (Å²) in [7, 11) is 7.24. The number of alkyl halides is 3. The van der Waals surface area contributed by atoms with Crippen molar-refractivity contribution in [3.8, 4) is 45.3 Å². The van der Waals surface area contributed by atoms with Crippen LogP contribution in [-0.2, 0) is 28.6 Å². The van der Waals surface area contributed by atoms with E-state index in [1.165, 1.54) is 12.7 Å². The Bertz CT molecular complexity index is 3840. The van der Waals surface area contributed by atoms with Crippen molar-refractivity contribution in [2.45, 2.75) is 71.3 Å².